The van der Waals surface area contributed by atoms with Gasteiger partial charge in [0.25, 0.3) is 0 Å². The van der Waals surface area contributed by atoms with Crippen LogP contribution in [0.25, 0.3) is 10.8 Å². The molecule has 0 aromatic heterocycles. The van der Waals surface area contributed by atoms with Gasteiger partial charge in [-0.2, -0.15) is 0 Å². The van der Waals surface area contributed by atoms with E-state index in [2.05, 4.69) is 65.3 Å². The van der Waals surface area contributed by atoms with Crippen LogP contribution in [0.4, 0.5) is 0 Å². The van der Waals surface area contributed by atoms with Crippen molar-refractivity contribution in [1.29, 1.82) is 0 Å². The second kappa shape index (κ2) is 9.60. The number of carbonyl (C=O) groups excluding carboxylic acids is 1. The van der Waals surface area contributed by atoms with Crippen molar-refractivity contribution in [2.24, 2.45) is 4.99 Å². The Balaban J connectivity index is 0.00000225. The molecule has 1 aliphatic heterocycles. The summed E-state index contributed by atoms with van der Waals surface area (Å²) in [6, 6.07) is 14.9. The molecule has 0 bridgehead atoms. The summed E-state index contributed by atoms with van der Waals surface area (Å²) in [6.07, 6.45) is 1.41. The van der Waals surface area contributed by atoms with Crippen LogP contribution in [0, 0.1) is 0 Å². The van der Waals surface area contributed by atoms with E-state index in [-0.39, 0.29) is 35.9 Å². The van der Waals surface area contributed by atoms with E-state index in [1.165, 1.54) is 16.3 Å². The maximum absolute atomic E-state index is 11.3. The number of fused-ring (bicyclic) bond motifs is 1. The Morgan fingerprint density at radius 2 is 2.04 bits per heavy atom. The molecule has 6 heteroatoms. The molecule has 1 fully saturated rings. The van der Waals surface area contributed by atoms with E-state index in [0.717, 1.165) is 18.9 Å². The van der Waals surface area contributed by atoms with Crippen LogP contribution >= 0.6 is 24.0 Å². The lowest BCUT2D eigenvalue weighted by molar-refractivity contribution is -0.122. The average molecular weight is 452 g/mol. The number of benzene rings is 2. The molecule has 1 unspecified atom stereocenters. The second-order valence-electron chi connectivity index (χ2n) is 6.02. The summed E-state index contributed by atoms with van der Waals surface area (Å²) in [5, 5.41) is 12.1. The molecule has 1 atom stereocenters. The van der Waals surface area contributed by atoms with Crippen LogP contribution in [0.2, 0.25) is 0 Å². The van der Waals surface area contributed by atoms with Crippen molar-refractivity contribution in [1.82, 2.24) is 16.0 Å². The van der Waals surface area contributed by atoms with E-state index in [1.54, 1.807) is 0 Å². The Kier molecular flexibility index (Phi) is 7.49. The molecule has 1 saturated heterocycles. The number of rotatable bonds is 4. The fraction of sp³-hybridized carbons (Fsp3) is 0.368. The Morgan fingerprint density at radius 1 is 1.24 bits per heavy atom. The zero-order valence-corrected chi connectivity index (χ0v) is 16.7. The van der Waals surface area contributed by atoms with E-state index in [0.29, 0.717) is 19.5 Å². The van der Waals surface area contributed by atoms with Gasteiger partial charge >= 0.3 is 0 Å². The fourth-order valence-corrected chi connectivity index (χ4v) is 2.96. The van der Waals surface area contributed by atoms with Crippen molar-refractivity contribution >= 4 is 46.6 Å². The lowest BCUT2D eigenvalue weighted by Gasteiger charge is -2.25. The van der Waals surface area contributed by atoms with Gasteiger partial charge in [0.05, 0.1) is 6.54 Å². The first kappa shape index (κ1) is 19.5. The lowest BCUT2D eigenvalue weighted by atomic mass is 10.0. The number of halogens is 1. The molecule has 25 heavy (non-hydrogen) atoms. The molecule has 2 aromatic carbocycles. The predicted molar refractivity (Wildman–Crippen MR) is 113 cm³/mol. The second-order valence-corrected chi connectivity index (χ2v) is 6.02. The van der Waals surface area contributed by atoms with Gasteiger partial charge in [-0.25, -0.2) is 4.99 Å². The van der Waals surface area contributed by atoms with Gasteiger partial charge < -0.3 is 16.0 Å². The third-order valence-electron chi connectivity index (χ3n) is 4.24. The van der Waals surface area contributed by atoms with Crippen LogP contribution in [0.5, 0.6) is 0 Å². The number of nitrogens with one attached hydrogen (secondary N) is 3. The van der Waals surface area contributed by atoms with Gasteiger partial charge in [0.15, 0.2) is 5.96 Å². The van der Waals surface area contributed by atoms with Crippen LogP contribution in [0.3, 0.4) is 0 Å². The Labute approximate surface area is 165 Å². The largest absolute Gasteiger partial charge is 0.357 e. The van der Waals surface area contributed by atoms with E-state index in [4.69, 9.17) is 4.99 Å². The number of carbonyl (C=O) groups is 1. The van der Waals surface area contributed by atoms with Crippen molar-refractivity contribution in [2.45, 2.75) is 32.4 Å². The summed E-state index contributed by atoms with van der Waals surface area (Å²) >= 11 is 0. The fourth-order valence-electron chi connectivity index (χ4n) is 2.96. The molecule has 1 amide bonds. The van der Waals surface area contributed by atoms with Gasteiger partial charge in [0.1, 0.15) is 0 Å². The molecule has 0 spiro atoms. The minimum Gasteiger partial charge on any atom is -0.357 e. The molecular weight excluding hydrogens is 427 g/mol. The summed E-state index contributed by atoms with van der Waals surface area (Å²) in [7, 11) is 0. The van der Waals surface area contributed by atoms with E-state index < -0.39 is 0 Å². The molecule has 0 radical (unpaired) electrons. The number of amides is 1. The molecule has 0 aliphatic carbocycles. The molecule has 1 aliphatic rings. The summed E-state index contributed by atoms with van der Waals surface area (Å²) in [6.45, 7) is 4.13. The number of guanidine groups is 1. The first-order valence-electron chi connectivity index (χ1n) is 8.54. The number of hydrogen-bond donors (Lipinski definition) is 3. The monoisotopic (exact) mass is 452 g/mol. The normalized spacial score (nSPS) is 17.6. The van der Waals surface area contributed by atoms with Crippen molar-refractivity contribution < 1.29 is 4.79 Å². The quantitative estimate of drug-likeness (QED) is 0.380. The maximum Gasteiger partial charge on any atom is 0.220 e. The summed E-state index contributed by atoms with van der Waals surface area (Å²) in [5.41, 5.74) is 1.21. The lowest BCUT2D eigenvalue weighted by Crippen LogP contribution is -2.51. The standard InChI is InChI=1S/C19H24N4O.HI/c1-2-20-19(23-16-10-11-18(24)21-13-16)22-12-15-8-5-7-14-6-3-4-9-17(14)15;/h3-9,16H,2,10-13H2,1H3,(H,21,24)(H2,20,22,23);1H. The zero-order chi connectivity index (χ0) is 16.8. The third-order valence-corrected chi connectivity index (χ3v) is 4.24. The van der Waals surface area contributed by atoms with Crippen molar-refractivity contribution in [3.05, 3.63) is 48.0 Å². The topological polar surface area (TPSA) is 65.5 Å². The summed E-state index contributed by atoms with van der Waals surface area (Å²) in [5.74, 6) is 0.928. The molecular formula is C19H25IN4O. The highest BCUT2D eigenvalue weighted by Gasteiger charge is 2.18. The highest BCUT2D eigenvalue weighted by Crippen LogP contribution is 2.19. The Bertz CT molecular complexity index is 732. The van der Waals surface area contributed by atoms with Gasteiger partial charge in [-0.3, -0.25) is 4.79 Å². The van der Waals surface area contributed by atoms with Crippen LogP contribution in [0.15, 0.2) is 47.5 Å². The first-order chi connectivity index (χ1) is 11.8. The van der Waals surface area contributed by atoms with E-state index in [1.807, 2.05) is 0 Å². The number of nitrogens with zero attached hydrogens (tertiary/aromatic N) is 1. The molecule has 3 N–H and O–H groups in total. The number of piperidine rings is 1. The van der Waals surface area contributed by atoms with Crippen molar-refractivity contribution in [3.8, 4) is 0 Å². The Hall–Kier alpha value is -1.83. The third kappa shape index (κ3) is 5.32. The molecule has 5 nitrogen and oxygen atoms in total. The summed E-state index contributed by atoms with van der Waals surface area (Å²) in [4.78, 5) is 16.0. The minimum absolute atomic E-state index is 0. The van der Waals surface area contributed by atoms with Crippen LogP contribution in [0.1, 0.15) is 25.3 Å². The Morgan fingerprint density at radius 3 is 2.80 bits per heavy atom. The molecule has 134 valence electrons. The van der Waals surface area contributed by atoms with Gasteiger partial charge in [0.2, 0.25) is 5.91 Å². The van der Waals surface area contributed by atoms with Gasteiger partial charge in [-0.15, -0.1) is 24.0 Å². The van der Waals surface area contributed by atoms with Gasteiger partial charge in [0, 0.05) is 25.6 Å². The number of aliphatic imine (C=N–C) groups is 1. The van der Waals surface area contributed by atoms with Gasteiger partial charge in [-0.1, -0.05) is 42.5 Å². The molecule has 2 aromatic rings. The number of hydrogen-bond acceptors (Lipinski definition) is 2. The summed E-state index contributed by atoms with van der Waals surface area (Å²) < 4.78 is 0. The van der Waals surface area contributed by atoms with Crippen LogP contribution in [-0.2, 0) is 11.3 Å². The maximum atomic E-state index is 11.3. The van der Waals surface area contributed by atoms with E-state index >= 15 is 0 Å². The van der Waals surface area contributed by atoms with Crippen LogP contribution in [-0.4, -0.2) is 31.0 Å². The van der Waals surface area contributed by atoms with E-state index in [9.17, 15) is 4.79 Å². The average Bonchev–Trinajstić information content (AvgIpc) is 2.62. The SMILES string of the molecule is CCNC(=NCc1cccc2ccccc12)NC1CCC(=O)NC1.I. The van der Waals surface area contributed by atoms with Gasteiger partial charge in [-0.05, 0) is 29.7 Å². The zero-order valence-electron chi connectivity index (χ0n) is 14.4. The minimum atomic E-state index is 0. The molecule has 3 rings (SSSR count). The predicted octanol–water partition coefficient (Wildman–Crippen LogP) is 2.79. The molecule has 1 heterocycles. The highest BCUT2D eigenvalue weighted by atomic mass is 127. The highest BCUT2D eigenvalue weighted by molar-refractivity contribution is 14.0. The van der Waals surface area contributed by atoms with Crippen molar-refractivity contribution in [2.75, 3.05) is 13.1 Å². The first-order valence-corrected chi connectivity index (χ1v) is 8.54. The molecule has 0 saturated carbocycles. The van der Waals surface area contributed by atoms with Crippen molar-refractivity contribution in [3.63, 3.8) is 0 Å². The van der Waals surface area contributed by atoms with Crippen LogP contribution < -0.4 is 16.0 Å². The smallest absolute Gasteiger partial charge is 0.220 e.